The van der Waals surface area contributed by atoms with E-state index in [1.807, 2.05) is 13.8 Å². The predicted octanol–water partition coefficient (Wildman–Crippen LogP) is -0.288. The smallest absolute Gasteiger partial charge is 0.185 e. The van der Waals surface area contributed by atoms with Crippen molar-refractivity contribution in [3.8, 4) is 0 Å². The minimum absolute atomic E-state index is 0.851. The van der Waals surface area contributed by atoms with Crippen LogP contribution in [0.3, 0.4) is 0 Å². The van der Waals surface area contributed by atoms with E-state index in [-0.39, 0.29) is 0 Å². The molecule has 0 unspecified atom stereocenters. The molecule has 0 fully saturated rings. The number of hydrazine groups is 1. The van der Waals surface area contributed by atoms with Crippen molar-refractivity contribution in [3.05, 3.63) is 0 Å². The summed E-state index contributed by atoms with van der Waals surface area (Å²) >= 11 is 0. The molecule has 0 saturated carbocycles. The molecule has 2 nitrogen and oxygen atoms in total. The Balaban J connectivity index is 3.35. The van der Waals surface area contributed by atoms with Gasteiger partial charge in [-0.1, -0.05) is 13.8 Å². The van der Waals surface area contributed by atoms with Crippen LogP contribution in [0, 0.1) is 0 Å². The zero-order valence-corrected chi connectivity index (χ0v) is 5.46. The second-order valence-corrected chi connectivity index (χ2v) is 1.52. The lowest BCUT2D eigenvalue weighted by Gasteiger charge is -2.26. The van der Waals surface area contributed by atoms with E-state index in [9.17, 15) is 0 Å². The van der Waals surface area contributed by atoms with Crippen LogP contribution in [-0.4, -0.2) is 38.9 Å². The van der Waals surface area contributed by atoms with Gasteiger partial charge in [-0.2, -0.15) is 0 Å². The summed E-state index contributed by atoms with van der Waals surface area (Å²) in [4.78, 5) is 1.11. The Morgan fingerprint density at radius 2 is 1.50 bits per heavy atom. The highest BCUT2D eigenvalue weighted by atomic mass is 15.5. The van der Waals surface area contributed by atoms with E-state index in [2.05, 4.69) is 0 Å². The van der Waals surface area contributed by atoms with E-state index in [1.54, 1.807) is 5.01 Å². The van der Waals surface area contributed by atoms with Crippen LogP contribution >= 0.6 is 0 Å². The first-order chi connectivity index (χ1) is 3.72. The number of rotatable bonds is 3. The van der Waals surface area contributed by atoms with E-state index in [4.69, 9.17) is 16.0 Å². The second-order valence-electron chi connectivity index (χ2n) is 1.52. The van der Waals surface area contributed by atoms with Gasteiger partial charge in [-0.05, 0) is 0 Å². The third kappa shape index (κ3) is 2.38. The van der Waals surface area contributed by atoms with E-state index in [1.165, 1.54) is 0 Å². The molecular weight excluding hydrogens is 97.7 g/mol. The van der Waals surface area contributed by atoms with Crippen molar-refractivity contribution in [1.82, 2.24) is 9.84 Å². The van der Waals surface area contributed by atoms with Crippen molar-refractivity contribution in [2.75, 3.05) is 13.1 Å². The van der Waals surface area contributed by atoms with Gasteiger partial charge in [0.2, 0.25) is 0 Å². The normalized spacial score (nSPS) is 11.0. The summed E-state index contributed by atoms with van der Waals surface area (Å²) in [5.41, 5.74) is 0. The fraction of sp³-hybridized carbons (Fsp3) is 1.00. The Morgan fingerprint density at radius 1 is 1.12 bits per heavy atom. The molecule has 0 aliphatic carbocycles. The van der Waals surface area contributed by atoms with Crippen LogP contribution in [0.5, 0.6) is 0 Å². The van der Waals surface area contributed by atoms with Crippen molar-refractivity contribution < 1.29 is 0 Å². The molecule has 0 bridgehead atoms. The minimum Gasteiger partial charge on any atom is -0.342 e. The van der Waals surface area contributed by atoms with Crippen molar-refractivity contribution in [2.45, 2.75) is 13.8 Å². The van der Waals surface area contributed by atoms with Crippen LogP contribution in [0.25, 0.3) is 0 Å². The fourth-order valence-corrected chi connectivity index (χ4v) is 0.550. The minimum atomic E-state index is 0.851. The molecule has 0 heterocycles. The van der Waals surface area contributed by atoms with Gasteiger partial charge in [0.05, 0.1) is 0 Å². The summed E-state index contributed by atoms with van der Waals surface area (Å²) in [7, 11) is 10.4. The van der Waals surface area contributed by atoms with E-state index < -0.39 is 0 Å². The average Bonchev–Trinajstić information content (AvgIpc) is 1.69. The molecule has 0 amide bonds. The summed E-state index contributed by atoms with van der Waals surface area (Å²) < 4.78 is 0. The molecule has 8 heavy (non-hydrogen) atoms. The molecule has 0 aromatic heterocycles. The fourth-order valence-electron chi connectivity index (χ4n) is 0.550. The zero-order valence-electron chi connectivity index (χ0n) is 5.46. The van der Waals surface area contributed by atoms with Crippen molar-refractivity contribution in [2.24, 2.45) is 0 Å². The summed E-state index contributed by atoms with van der Waals surface area (Å²) in [6, 6.07) is 0. The highest BCUT2D eigenvalue weighted by Gasteiger charge is 1.96. The predicted molar refractivity (Wildman–Crippen MR) is 36.3 cm³/mol. The van der Waals surface area contributed by atoms with Crippen molar-refractivity contribution >= 4 is 16.0 Å². The maximum absolute atomic E-state index is 5.19. The van der Waals surface area contributed by atoms with Gasteiger partial charge in [0.25, 0.3) is 0 Å². The Labute approximate surface area is 53.7 Å². The molecule has 0 aromatic carbocycles. The lowest BCUT2D eigenvalue weighted by Crippen LogP contribution is -2.38. The second kappa shape index (κ2) is 3.98. The largest absolute Gasteiger partial charge is 0.342 e. The number of hydrogen-bond acceptors (Lipinski definition) is 2. The number of hydrogen-bond donors (Lipinski definition) is 0. The molecule has 4 radical (unpaired) electrons. The molecule has 4 heteroatoms. The van der Waals surface area contributed by atoms with Gasteiger partial charge in [-0.15, -0.1) is 0 Å². The molecule has 0 aliphatic heterocycles. The molecule has 0 N–H and O–H groups in total. The summed E-state index contributed by atoms with van der Waals surface area (Å²) in [5.74, 6) is 0. The van der Waals surface area contributed by atoms with Crippen LogP contribution in [-0.2, 0) is 0 Å². The number of nitrogens with zero attached hydrogens (tertiary/aromatic N) is 2. The molecule has 42 valence electrons. The molecule has 0 rings (SSSR count). The molecule has 0 aromatic rings. The Kier molecular flexibility index (Phi) is 4.01. The Morgan fingerprint density at radius 3 is 1.50 bits per heavy atom. The lowest BCUT2D eigenvalue weighted by molar-refractivity contribution is 0.160. The van der Waals surface area contributed by atoms with Crippen LogP contribution in [0.15, 0.2) is 0 Å². The third-order valence-electron chi connectivity index (χ3n) is 1.06. The third-order valence-corrected chi connectivity index (χ3v) is 1.06. The van der Waals surface area contributed by atoms with E-state index >= 15 is 0 Å². The van der Waals surface area contributed by atoms with E-state index in [0.29, 0.717) is 0 Å². The summed E-state index contributed by atoms with van der Waals surface area (Å²) in [6.45, 7) is 5.69. The monoisotopic (exact) mass is 108 g/mol. The SMILES string of the molecule is [B]N([B])N(CC)CC. The van der Waals surface area contributed by atoms with Gasteiger partial charge in [-0.3, -0.25) is 5.01 Å². The molecule has 0 aliphatic rings. The molecule has 0 saturated heterocycles. The van der Waals surface area contributed by atoms with Gasteiger partial charge < -0.3 is 4.83 Å². The molecule has 0 atom stereocenters. The van der Waals surface area contributed by atoms with Gasteiger partial charge in [0.15, 0.2) is 16.0 Å². The highest BCUT2D eigenvalue weighted by molar-refractivity contribution is 6.24. The van der Waals surface area contributed by atoms with Gasteiger partial charge in [-0.25, -0.2) is 0 Å². The maximum Gasteiger partial charge on any atom is 0.185 e. The first-order valence-corrected chi connectivity index (χ1v) is 2.76. The lowest BCUT2D eigenvalue weighted by atomic mass is 10.2. The van der Waals surface area contributed by atoms with Crippen LogP contribution in [0.2, 0.25) is 0 Å². The first-order valence-electron chi connectivity index (χ1n) is 2.76. The Hall–Kier alpha value is 0.0499. The standard InChI is InChI=1S/C4H10B2N2/c1-3-7(4-2)8(5)6/h3-4H2,1-2H3. The van der Waals surface area contributed by atoms with Gasteiger partial charge in [0, 0.05) is 13.1 Å². The average molecular weight is 108 g/mol. The molecular formula is C4H10B2N2. The van der Waals surface area contributed by atoms with Gasteiger partial charge >= 0.3 is 0 Å². The quantitative estimate of drug-likeness (QED) is 0.362. The van der Waals surface area contributed by atoms with Crippen molar-refractivity contribution in [1.29, 1.82) is 0 Å². The van der Waals surface area contributed by atoms with Crippen LogP contribution in [0.4, 0.5) is 0 Å². The maximum atomic E-state index is 5.19. The topological polar surface area (TPSA) is 6.48 Å². The first kappa shape index (κ1) is 8.05. The van der Waals surface area contributed by atoms with E-state index in [0.717, 1.165) is 17.9 Å². The summed E-state index contributed by atoms with van der Waals surface area (Å²) in [5, 5.41) is 1.81. The Bertz CT molecular complexity index is 54.0. The highest BCUT2D eigenvalue weighted by Crippen LogP contribution is 1.85. The molecule has 0 spiro atoms. The zero-order chi connectivity index (χ0) is 6.57. The van der Waals surface area contributed by atoms with Crippen LogP contribution < -0.4 is 0 Å². The van der Waals surface area contributed by atoms with Gasteiger partial charge in [0.1, 0.15) is 0 Å². The van der Waals surface area contributed by atoms with Crippen molar-refractivity contribution in [3.63, 3.8) is 0 Å². The summed E-state index contributed by atoms with van der Waals surface area (Å²) in [6.07, 6.45) is 0. The van der Waals surface area contributed by atoms with Crippen LogP contribution in [0.1, 0.15) is 13.8 Å².